The van der Waals surface area contributed by atoms with E-state index in [1.165, 1.54) is 0 Å². The standard InChI is InChI=1S/C10H26Si2/c1-9(2,3)11-12(7,8)10(4,5)6/h11H2,1-8H3. The van der Waals surface area contributed by atoms with Gasteiger partial charge >= 0.3 is 0 Å². The lowest BCUT2D eigenvalue weighted by Crippen LogP contribution is -2.47. The fourth-order valence-electron chi connectivity index (χ4n) is 1.59. The minimum atomic E-state index is -0.901. The zero-order valence-electron chi connectivity index (χ0n) is 10.2. The highest BCUT2D eigenvalue weighted by molar-refractivity contribution is 7.25. The van der Waals surface area contributed by atoms with E-state index in [-0.39, 0.29) is 9.04 Å². The molecule has 0 radical (unpaired) electrons. The maximum absolute atomic E-state index is 2.57. The first-order valence-electron chi connectivity index (χ1n) is 4.96. The van der Waals surface area contributed by atoms with Gasteiger partial charge in [0.1, 0.15) is 0 Å². The topological polar surface area (TPSA) is 0 Å². The van der Waals surface area contributed by atoms with E-state index < -0.39 is 7.59 Å². The number of hydrogen-bond donors (Lipinski definition) is 0. The second-order valence-electron chi connectivity index (χ2n) is 6.87. The Kier molecular flexibility index (Phi) is 3.41. The quantitative estimate of drug-likeness (QED) is 0.572. The minimum absolute atomic E-state index is 0.112. The first-order valence-corrected chi connectivity index (χ1v) is 11.0. The fraction of sp³-hybridized carbons (Fsp3) is 1.00. The van der Waals surface area contributed by atoms with Gasteiger partial charge in [0.2, 0.25) is 0 Å². The molecule has 0 aliphatic heterocycles. The molecule has 0 aromatic carbocycles. The number of hydrogen-bond acceptors (Lipinski definition) is 0. The summed E-state index contributed by atoms with van der Waals surface area (Å²) in [4.78, 5) is 0. The van der Waals surface area contributed by atoms with Gasteiger partial charge in [-0.15, -0.1) is 0 Å². The van der Waals surface area contributed by atoms with Crippen molar-refractivity contribution >= 4 is 16.6 Å². The van der Waals surface area contributed by atoms with Crippen LogP contribution in [0.15, 0.2) is 0 Å². The van der Waals surface area contributed by atoms with Gasteiger partial charge in [-0.1, -0.05) is 59.7 Å². The van der Waals surface area contributed by atoms with Crippen molar-refractivity contribution in [3.8, 4) is 0 Å². The highest BCUT2D eigenvalue weighted by Crippen LogP contribution is 2.39. The highest BCUT2D eigenvalue weighted by atomic mass is 29.2. The molecule has 0 aromatic heterocycles. The second-order valence-corrected chi connectivity index (χ2v) is 21.0. The Labute approximate surface area is 81.8 Å². The summed E-state index contributed by atoms with van der Waals surface area (Å²) >= 11 is 0. The molecular formula is C10H26Si2. The Morgan fingerprint density at radius 1 is 0.833 bits per heavy atom. The summed E-state index contributed by atoms with van der Waals surface area (Å²) in [6.45, 7) is 19.7. The number of rotatable bonds is 1. The Morgan fingerprint density at radius 2 is 1.17 bits per heavy atom. The van der Waals surface area contributed by atoms with Crippen molar-refractivity contribution in [1.82, 2.24) is 0 Å². The van der Waals surface area contributed by atoms with Gasteiger partial charge in [0.15, 0.2) is 0 Å². The zero-order valence-corrected chi connectivity index (χ0v) is 12.6. The average molecular weight is 202 g/mol. The molecule has 0 heterocycles. The Bertz CT molecular complexity index is 146. The van der Waals surface area contributed by atoms with Gasteiger partial charge in [0, 0.05) is 16.6 Å². The zero-order chi connectivity index (χ0) is 10.2. The lowest BCUT2D eigenvalue weighted by molar-refractivity contribution is 0.719. The molecule has 0 rings (SSSR count). The molecule has 0 aromatic rings. The van der Waals surface area contributed by atoms with E-state index in [0.29, 0.717) is 10.1 Å². The molecule has 0 aliphatic carbocycles. The van der Waals surface area contributed by atoms with Crippen LogP contribution in [-0.2, 0) is 0 Å². The van der Waals surface area contributed by atoms with Gasteiger partial charge < -0.3 is 0 Å². The van der Waals surface area contributed by atoms with Gasteiger partial charge in [-0.05, 0) is 5.04 Å². The Morgan fingerprint density at radius 3 is 1.25 bits per heavy atom. The molecule has 0 saturated heterocycles. The van der Waals surface area contributed by atoms with Crippen LogP contribution in [0.5, 0.6) is 0 Å². The third-order valence-electron chi connectivity index (χ3n) is 3.00. The first-order chi connectivity index (χ1) is 4.96. The highest BCUT2D eigenvalue weighted by Gasteiger charge is 2.38. The summed E-state index contributed by atoms with van der Waals surface area (Å²) in [6, 6.07) is 0. The predicted molar refractivity (Wildman–Crippen MR) is 65.5 cm³/mol. The summed E-state index contributed by atoms with van der Waals surface area (Å²) in [6.07, 6.45) is 0. The summed E-state index contributed by atoms with van der Waals surface area (Å²) < 4.78 is 0. The molecule has 0 bridgehead atoms. The van der Waals surface area contributed by atoms with Crippen LogP contribution in [0.3, 0.4) is 0 Å². The van der Waals surface area contributed by atoms with Gasteiger partial charge in [-0.3, -0.25) is 0 Å². The van der Waals surface area contributed by atoms with Crippen LogP contribution in [0.4, 0.5) is 0 Å². The summed E-state index contributed by atoms with van der Waals surface area (Å²) in [5.74, 6) is 0. The van der Waals surface area contributed by atoms with Crippen molar-refractivity contribution in [1.29, 1.82) is 0 Å². The SMILES string of the molecule is CC(C)(C)[SiH2][Si](C)(C)C(C)(C)C. The van der Waals surface area contributed by atoms with Crippen molar-refractivity contribution in [2.24, 2.45) is 0 Å². The van der Waals surface area contributed by atoms with Crippen LogP contribution in [-0.4, -0.2) is 16.6 Å². The summed E-state index contributed by atoms with van der Waals surface area (Å²) in [5.41, 5.74) is 0. The normalized spacial score (nSPS) is 16.0. The molecule has 74 valence electrons. The van der Waals surface area contributed by atoms with Gasteiger partial charge in [0.05, 0.1) is 0 Å². The van der Waals surface area contributed by atoms with Crippen molar-refractivity contribution < 1.29 is 0 Å². The molecule has 0 nitrogen and oxygen atoms in total. The van der Waals surface area contributed by atoms with Gasteiger partial charge in [-0.2, -0.15) is 0 Å². The van der Waals surface area contributed by atoms with E-state index in [0.717, 1.165) is 0 Å². The third kappa shape index (κ3) is 3.90. The second kappa shape index (κ2) is 3.30. The smallest absolute Gasteiger partial charge is 0.0400 e. The van der Waals surface area contributed by atoms with E-state index in [2.05, 4.69) is 54.6 Å². The van der Waals surface area contributed by atoms with E-state index in [1.54, 1.807) is 0 Å². The predicted octanol–water partition coefficient (Wildman–Crippen LogP) is 3.38. The van der Waals surface area contributed by atoms with Crippen molar-refractivity contribution in [2.75, 3.05) is 0 Å². The van der Waals surface area contributed by atoms with E-state index in [1.807, 2.05) is 0 Å². The first kappa shape index (κ1) is 12.4. The maximum Gasteiger partial charge on any atom is 0.0400 e. The Balaban J connectivity index is 4.44. The maximum atomic E-state index is 2.57. The van der Waals surface area contributed by atoms with E-state index >= 15 is 0 Å². The molecule has 0 saturated carbocycles. The summed E-state index contributed by atoms with van der Waals surface area (Å²) in [7, 11) is -0.789. The van der Waals surface area contributed by atoms with Crippen molar-refractivity contribution in [2.45, 2.75) is 64.7 Å². The monoisotopic (exact) mass is 202 g/mol. The van der Waals surface area contributed by atoms with Crippen molar-refractivity contribution in [3.63, 3.8) is 0 Å². The average Bonchev–Trinajstić information content (AvgIpc) is 1.52. The van der Waals surface area contributed by atoms with Gasteiger partial charge in [-0.25, -0.2) is 0 Å². The largest absolute Gasteiger partial charge is 0.0714 e. The Hall–Kier alpha value is 0.434. The fourth-order valence-corrected chi connectivity index (χ4v) is 14.3. The summed E-state index contributed by atoms with van der Waals surface area (Å²) in [5, 5.41) is 1.25. The van der Waals surface area contributed by atoms with Crippen LogP contribution < -0.4 is 0 Å². The molecule has 0 N–H and O–H groups in total. The molecule has 0 amide bonds. The molecule has 0 atom stereocenters. The molecule has 0 fully saturated rings. The van der Waals surface area contributed by atoms with Crippen molar-refractivity contribution in [3.05, 3.63) is 0 Å². The van der Waals surface area contributed by atoms with Gasteiger partial charge in [0.25, 0.3) is 0 Å². The minimum Gasteiger partial charge on any atom is -0.0714 e. The van der Waals surface area contributed by atoms with Crippen LogP contribution in [0, 0.1) is 0 Å². The lowest BCUT2D eigenvalue weighted by Gasteiger charge is -2.41. The third-order valence-corrected chi connectivity index (χ3v) is 18.0. The molecule has 2 heteroatoms. The molecule has 12 heavy (non-hydrogen) atoms. The van der Waals surface area contributed by atoms with Crippen LogP contribution >= 0.6 is 0 Å². The molecule has 0 unspecified atom stereocenters. The van der Waals surface area contributed by atoms with Crippen LogP contribution in [0.25, 0.3) is 0 Å². The van der Waals surface area contributed by atoms with Crippen LogP contribution in [0.2, 0.25) is 23.2 Å². The molecular weight excluding hydrogens is 176 g/mol. The van der Waals surface area contributed by atoms with Crippen LogP contribution in [0.1, 0.15) is 41.5 Å². The molecule has 0 aliphatic rings. The van der Waals surface area contributed by atoms with E-state index in [9.17, 15) is 0 Å². The lowest BCUT2D eigenvalue weighted by atomic mass is 10.2. The molecule has 0 spiro atoms. The van der Waals surface area contributed by atoms with E-state index in [4.69, 9.17) is 0 Å².